The van der Waals surface area contributed by atoms with Crippen LogP contribution in [0, 0.1) is 11.8 Å². The zero-order valence-corrected chi connectivity index (χ0v) is 70.1. The second-order valence-electron chi connectivity index (χ2n) is 31.5. The lowest BCUT2D eigenvalue weighted by atomic mass is 10.0. The Balaban J connectivity index is 5.26. The summed E-state index contributed by atoms with van der Waals surface area (Å²) >= 11 is 0. The van der Waals surface area contributed by atoms with E-state index in [1.54, 1.807) is 0 Å². The third-order valence-electron chi connectivity index (χ3n) is 20.0. The van der Waals surface area contributed by atoms with Gasteiger partial charge < -0.3 is 33.8 Å². The fourth-order valence-electron chi connectivity index (χ4n) is 13.2. The van der Waals surface area contributed by atoms with E-state index in [0.717, 1.165) is 102 Å². The molecule has 0 spiro atoms. The van der Waals surface area contributed by atoms with E-state index in [4.69, 9.17) is 37.0 Å². The van der Waals surface area contributed by atoms with Gasteiger partial charge in [-0.25, -0.2) is 9.13 Å². The summed E-state index contributed by atoms with van der Waals surface area (Å²) in [5.41, 5.74) is 0. The van der Waals surface area contributed by atoms with E-state index in [2.05, 4.69) is 41.5 Å². The molecule has 0 saturated carbocycles. The van der Waals surface area contributed by atoms with Crippen LogP contribution in [-0.4, -0.2) is 96.7 Å². The van der Waals surface area contributed by atoms with Gasteiger partial charge in [0.25, 0.3) is 0 Å². The molecule has 618 valence electrons. The van der Waals surface area contributed by atoms with Gasteiger partial charge in [0.2, 0.25) is 0 Å². The molecule has 0 bridgehead atoms. The molecule has 0 aromatic carbocycles. The van der Waals surface area contributed by atoms with Crippen molar-refractivity contribution in [1.82, 2.24) is 0 Å². The lowest BCUT2D eigenvalue weighted by Gasteiger charge is -2.21. The van der Waals surface area contributed by atoms with E-state index >= 15 is 0 Å². The Hall–Kier alpha value is -1.94. The Morgan fingerprint density at radius 1 is 0.260 bits per heavy atom. The van der Waals surface area contributed by atoms with Crippen LogP contribution in [0.5, 0.6) is 0 Å². The summed E-state index contributed by atoms with van der Waals surface area (Å²) in [5, 5.41) is 10.7. The first-order valence-electron chi connectivity index (χ1n) is 44.0. The minimum absolute atomic E-state index is 0.108. The number of aliphatic hydroxyl groups excluding tert-OH is 1. The summed E-state index contributed by atoms with van der Waals surface area (Å²) in [5.74, 6) is -0.515. The van der Waals surface area contributed by atoms with Crippen LogP contribution in [0.2, 0.25) is 0 Å². The maximum atomic E-state index is 13.1. The predicted octanol–water partition coefficient (Wildman–Crippen LogP) is 25.8. The Morgan fingerprint density at radius 3 is 0.654 bits per heavy atom. The van der Waals surface area contributed by atoms with Crippen molar-refractivity contribution in [2.24, 2.45) is 11.8 Å². The number of hydrogen-bond acceptors (Lipinski definition) is 15. The summed E-state index contributed by atoms with van der Waals surface area (Å²) in [6, 6.07) is 0. The molecule has 17 nitrogen and oxygen atoms in total. The number of carbonyl (C=O) groups is 4. The van der Waals surface area contributed by atoms with Crippen molar-refractivity contribution in [3.8, 4) is 0 Å². The molecule has 19 heteroatoms. The number of aliphatic hydroxyl groups is 1. The number of rotatable bonds is 84. The molecule has 0 saturated heterocycles. The monoisotopic (exact) mass is 1520 g/mol. The number of unbranched alkanes of at least 4 members (excludes halogenated alkanes) is 54. The topological polar surface area (TPSA) is 237 Å². The van der Waals surface area contributed by atoms with Crippen LogP contribution in [0.4, 0.5) is 0 Å². The highest BCUT2D eigenvalue weighted by Crippen LogP contribution is 2.45. The van der Waals surface area contributed by atoms with Crippen molar-refractivity contribution < 1.29 is 80.2 Å². The van der Waals surface area contributed by atoms with Crippen LogP contribution >= 0.6 is 15.6 Å². The van der Waals surface area contributed by atoms with Gasteiger partial charge in [-0.05, 0) is 37.5 Å². The molecule has 0 heterocycles. The van der Waals surface area contributed by atoms with E-state index in [0.29, 0.717) is 25.7 Å². The Labute approximate surface area is 638 Å². The maximum Gasteiger partial charge on any atom is 0.472 e. The average molecular weight is 1520 g/mol. The highest BCUT2D eigenvalue weighted by atomic mass is 31.2. The number of ether oxygens (including phenoxy) is 4. The third kappa shape index (κ3) is 78.2. The van der Waals surface area contributed by atoms with Gasteiger partial charge in [-0.1, -0.05) is 401 Å². The molecule has 5 atom stereocenters. The SMILES string of the molecule is CCCCCCCCCCCCCCCCCCCCC(=O)OC[C@H](COP(=O)(O)OC[C@@H](O)COP(=O)(O)OC[C@@H](COC(=O)CCCCCCCCCCCCCC)OC(=O)CCCCCCCCCCCCCCC(C)C)OC(=O)CCCCCCCCCCCCCCCCCCC(C)C. The average Bonchev–Trinajstić information content (AvgIpc) is 0.906. The van der Waals surface area contributed by atoms with E-state index in [9.17, 15) is 43.2 Å². The fraction of sp³-hybridized carbons (Fsp3) is 0.953. The van der Waals surface area contributed by atoms with Crippen molar-refractivity contribution in [1.29, 1.82) is 0 Å². The molecule has 0 fully saturated rings. The molecule has 0 radical (unpaired) electrons. The first-order valence-corrected chi connectivity index (χ1v) is 47.0. The van der Waals surface area contributed by atoms with Gasteiger partial charge in [-0.2, -0.15) is 0 Å². The molecule has 0 aromatic rings. The minimum Gasteiger partial charge on any atom is -0.462 e. The first kappa shape index (κ1) is 102. The molecule has 0 aliphatic carbocycles. The highest BCUT2D eigenvalue weighted by Gasteiger charge is 2.30. The quantitative estimate of drug-likeness (QED) is 0.0222. The van der Waals surface area contributed by atoms with Gasteiger partial charge in [0.1, 0.15) is 19.3 Å². The van der Waals surface area contributed by atoms with E-state index in [1.807, 2.05) is 0 Å². The fourth-order valence-corrected chi connectivity index (χ4v) is 14.8. The Bertz CT molecular complexity index is 1990. The molecular weight excluding hydrogens is 1350 g/mol. The molecule has 3 N–H and O–H groups in total. The zero-order valence-electron chi connectivity index (χ0n) is 68.3. The second-order valence-corrected chi connectivity index (χ2v) is 34.4. The van der Waals surface area contributed by atoms with E-state index in [-0.39, 0.29) is 25.7 Å². The standard InChI is InChI=1S/C85H166O17P2/c1-7-9-11-13-15-17-19-21-22-23-24-28-31-38-44-50-56-62-68-83(88)96-74-81(101-84(89)69-63-57-51-45-39-32-29-26-25-27-30-35-41-47-53-59-65-77(3)4)76-100-104(93,94)98-72-79(86)71-97-103(91,92)99-75-80(73-95-82(87)67-61-55-49-43-37-20-18-16-14-12-10-8-2)102-85(90)70-64-58-52-46-40-34-33-36-42-48-54-60-66-78(5)6/h77-81,86H,7-76H2,1-6H3,(H,91,92)(H,93,94)/t79-,80+,81+/m0/s1. The number of esters is 4. The molecule has 0 amide bonds. The molecule has 104 heavy (non-hydrogen) atoms. The molecule has 0 rings (SSSR count). The van der Waals surface area contributed by atoms with Gasteiger partial charge >= 0.3 is 39.5 Å². The molecular formula is C85H166O17P2. The minimum atomic E-state index is -4.97. The number of phosphoric acid groups is 2. The van der Waals surface area contributed by atoms with Gasteiger partial charge in [0.15, 0.2) is 12.2 Å². The van der Waals surface area contributed by atoms with Crippen LogP contribution in [-0.2, 0) is 65.4 Å². The van der Waals surface area contributed by atoms with Crippen LogP contribution in [0.15, 0.2) is 0 Å². The summed E-state index contributed by atoms with van der Waals surface area (Å²) in [6.07, 6.45) is 67.9. The van der Waals surface area contributed by atoms with Crippen molar-refractivity contribution in [3.05, 3.63) is 0 Å². The summed E-state index contributed by atoms with van der Waals surface area (Å²) in [6.45, 7) is 9.71. The van der Waals surface area contributed by atoms with Gasteiger partial charge in [-0.3, -0.25) is 37.3 Å². The number of carbonyl (C=O) groups excluding carboxylic acids is 4. The summed E-state index contributed by atoms with van der Waals surface area (Å²) in [4.78, 5) is 73.2. The van der Waals surface area contributed by atoms with Crippen molar-refractivity contribution in [2.75, 3.05) is 39.6 Å². The van der Waals surface area contributed by atoms with E-state index < -0.39 is 97.5 Å². The number of phosphoric ester groups is 2. The largest absolute Gasteiger partial charge is 0.472 e. The smallest absolute Gasteiger partial charge is 0.462 e. The zero-order chi connectivity index (χ0) is 76.4. The van der Waals surface area contributed by atoms with Crippen LogP contribution in [0.25, 0.3) is 0 Å². The normalized spacial score (nSPS) is 13.8. The summed E-state index contributed by atoms with van der Waals surface area (Å²) < 4.78 is 68.9. The van der Waals surface area contributed by atoms with Crippen molar-refractivity contribution in [2.45, 2.75) is 471 Å². The molecule has 0 aliphatic heterocycles. The summed E-state index contributed by atoms with van der Waals surface area (Å²) in [7, 11) is -9.93. The third-order valence-corrected chi connectivity index (χ3v) is 21.9. The van der Waals surface area contributed by atoms with Gasteiger partial charge in [0, 0.05) is 25.7 Å². The van der Waals surface area contributed by atoms with E-state index in [1.165, 1.54) is 270 Å². The lowest BCUT2D eigenvalue weighted by molar-refractivity contribution is -0.161. The number of hydrogen-bond donors (Lipinski definition) is 3. The second kappa shape index (κ2) is 76.4. The molecule has 2 unspecified atom stereocenters. The maximum absolute atomic E-state index is 13.1. The van der Waals surface area contributed by atoms with Crippen molar-refractivity contribution in [3.63, 3.8) is 0 Å². The molecule has 0 aromatic heterocycles. The van der Waals surface area contributed by atoms with Crippen LogP contribution in [0.3, 0.4) is 0 Å². The predicted molar refractivity (Wildman–Crippen MR) is 428 cm³/mol. The Kier molecular flexibility index (Phi) is 75.0. The van der Waals surface area contributed by atoms with Gasteiger partial charge in [-0.15, -0.1) is 0 Å². The van der Waals surface area contributed by atoms with Crippen molar-refractivity contribution >= 4 is 39.5 Å². The highest BCUT2D eigenvalue weighted by molar-refractivity contribution is 7.47. The van der Waals surface area contributed by atoms with Crippen LogP contribution in [0.1, 0.15) is 452 Å². The molecule has 0 aliphatic rings. The first-order chi connectivity index (χ1) is 50.4. The van der Waals surface area contributed by atoms with Gasteiger partial charge in [0.05, 0.1) is 26.4 Å². The lowest BCUT2D eigenvalue weighted by Crippen LogP contribution is -2.30. The Morgan fingerprint density at radius 2 is 0.442 bits per heavy atom. The van der Waals surface area contributed by atoms with Crippen LogP contribution < -0.4 is 0 Å².